The lowest BCUT2D eigenvalue weighted by Crippen LogP contribution is -2.68. The number of aliphatic hydroxyl groups is 2. The first-order chi connectivity index (χ1) is 10.6. The molecule has 0 aromatic carbocycles. The molecule has 0 saturated carbocycles. The summed E-state index contributed by atoms with van der Waals surface area (Å²) in [7, 11) is 0. The van der Waals surface area contributed by atoms with E-state index in [1.807, 2.05) is 0 Å². The van der Waals surface area contributed by atoms with Crippen LogP contribution in [0, 0.1) is 0 Å². The highest BCUT2D eigenvalue weighted by Gasteiger charge is 2.81. The molecule has 2 N–H and O–H groups in total. The molecule has 0 aliphatic carbocycles. The Hall–Kier alpha value is -0.960. The van der Waals surface area contributed by atoms with Gasteiger partial charge in [-0.3, -0.25) is 0 Å². The number of ether oxygens (including phenoxy) is 1. The lowest BCUT2D eigenvalue weighted by molar-refractivity contribution is -0.430. The second-order valence-electron chi connectivity index (χ2n) is 5.02. The Labute approximate surface area is 131 Å². The highest BCUT2D eigenvalue weighted by molar-refractivity contribution is 5.07. The zero-order valence-corrected chi connectivity index (χ0v) is 11.8. The first-order valence-corrected chi connectivity index (χ1v) is 5.94. The van der Waals surface area contributed by atoms with Gasteiger partial charge in [-0.2, -0.15) is 52.7 Å². The van der Waals surface area contributed by atoms with Crippen LogP contribution in [0.4, 0.5) is 52.7 Å². The van der Waals surface area contributed by atoms with Gasteiger partial charge in [-0.1, -0.05) is 0 Å². The maximum absolute atomic E-state index is 12.9. The molecule has 0 saturated heterocycles. The quantitative estimate of drug-likeness (QED) is 0.688. The fraction of sp³-hybridized carbons (Fsp3) is 1.00. The summed E-state index contributed by atoms with van der Waals surface area (Å²) in [5, 5.41) is 17.4. The fourth-order valence-corrected chi connectivity index (χ4v) is 1.56. The molecular weight excluding hydrogens is 396 g/mol. The number of hydrogen-bond donors (Lipinski definition) is 2. The maximum atomic E-state index is 12.9. The fourth-order valence-electron chi connectivity index (χ4n) is 1.56. The normalized spacial score (nSPS) is 16.9. The zero-order valence-electron chi connectivity index (χ0n) is 11.8. The Morgan fingerprint density at radius 3 is 1.24 bits per heavy atom. The van der Waals surface area contributed by atoms with Crippen molar-refractivity contribution in [3.8, 4) is 0 Å². The topological polar surface area (TPSA) is 49.7 Å². The molecule has 0 aromatic heterocycles. The minimum absolute atomic E-state index is 0.567. The van der Waals surface area contributed by atoms with E-state index in [-0.39, 0.29) is 0 Å². The summed E-state index contributed by atoms with van der Waals surface area (Å²) >= 11 is 0. The van der Waals surface area contributed by atoms with Crippen molar-refractivity contribution in [3.05, 3.63) is 0 Å². The zero-order chi connectivity index (χ0) is 20.7. The Morgan fingerprint density at radius 2 is 1.04 bits per heavy atom. The van der Waals surface area contributed by atoms with E-state index in [0.717, 1.165) is 0 Å². The van der Waals surface area contributed by atoms with Crippen molar-refractivity contribution in [2.24, 2.45) is 0 Å². The molecule has 152 valence electrons. The first kappa shape index (κ1) is 24.0. The second kappa shape index (κ2) is 6.64. The number of alkyl halides is 12. The molecule has 0 aliphatic heterocycles. The Morgan fingerprint density at radius 1 is 0.720 bits per heavy atom. The van der Waals surface area contributed by atoms with E-state index in [4.69, 9.17) is 10.2 Å². The van der Waals surface area contributed by atoms with Crippen molar-refractivity contribution in [3.63, 3.8) is 0 Å². The molecule has 0 rings (SSSR count). The summed E-state index contributed by atoms with van der Waals surface area (Å²) in [5.41, 5.74) is -12.4. The van der Waals surface area contributed by atoms with E-state index in [0.29, 0.717) is 6.92 Å². The van der Waals surface area contributed by atoms with Gasteiger partial charge in [0.1, 0.15) is 0 Å². The Bertz CT molecular complexity index is 416. The van der Waals surface area contributed by atoms with Crippen molar-refractivity contribution in [1.82, 2.24) is 0 Å². The molecular formula is C10H10F12O3. The molecule has 15 heteroatoms. The van der Waals surface area contributed by atoms with E-state index in [1.165, 1.54) is 0 Å². The van der Waals surface area contributed by atoms with E-state index in [9.17, 15) is 52.7 Å². The molecule has 0 spiro atoms. The van der Waals surface area contributed by atoms with Gasteiger partial charge in [0.2, 0.25) is 0 Å². The average Bonchev–Trinajstić information content (AvgIpc) is 2.27. The van der Waals surface area contributed by atoms with Gasteiger partial charge in [0.05, 0.1) is 12.7 Å². The van der Waals surface area contributed by atoms with Gasteiger partial charge in [-0.25, -0.2) is 0 Å². The number of aliphatic hydroxyl groups excluding tert-OH is 1. The summed E-state index contributed by atoms with van der Waals surface area (Å²) in [6, 6.07) is 0. The smallest absolute Gasteiger partial charge is 0.391 e. The van der Waals surface area contributed by atoms with Crippen LogP contribution in [-0.4, -0.2) is 58.8 Å². The highest BCUT2D eigenvalue weighted by Crippen LogP contribution is 2.56. The number of rotatable bonds is 5. The molecule has 0 aliphatic rings. The third-order valence-corrected chi connectivity index (χ3v) is 2.93. The van der Waals surface area contributed by atoms with Crippen LogP contribution in [-0.2, 0) is 4.74 Å². The third kappa shape index (κ3) is 4.61. The van der Waals surface area contributed by atoms with Crippen LogP contribution in [0.25, 0.3) is 0 Å². The summed E-state index contributed by atoms with van der Waals surface area (Å²) in [6.07, 6.45) is -33.7. The van der Waals surface area contributed by atoms with E-state index < -0.39 is 55.0 Å². The molecule has 0 heterocycles. The minimum Gasteiger partial charge on any atom is -0.391 e. The van der Waals surface area contributed by atoms with Crippen molar-refractivity contribution in [2.45, 2.75) is 55.4 Å². The van der Waals surface area contributed by atoms with Crippen LogP contribution in [0.1, 0.15) is 13.3 Å². The SMILES string of the molecule is CC(O)COC(CC(O)(C(F)(F)F)C(F)(F)F)(C(F)(F)F)C(F)(F)F. The largest absolute Gasteiger partial charge is 0.426 e. The minimum atomic E-state index is -6.94. The van der Waals surface area contributed by atoms with Gasteiger partial charge in [0, 0.05) is 6.42 Å². The Balaban J connectivity index is 6.50. The highest BCUT2D eigenvalue weighted by atomic mass is 19.4. The van der Waals surface area contributed by atoms with Crippen molar-refractivity contribution in [2.75, 3.05) is 6.61 Å². The van der Waals surface area contributed by atoms with Crippen molar-refractivity contribution < 1.29 is 67.6 Å². The van der Waals surface area contributed by atoms with Crippen molar-refractivity contribution >= 4 is 0 Å². The molecule has 0 fully saturated rings. The van der Waals surface area contributed by atoms with E-state index >= 15 is 0 Å². The van der Waals surface area contributed by atoms with Gasteiger partial charge >= 0.3 is 24.7 Å². The predicted octanol–water partition coefficient (Wildman–Crippen LogP) is 3.49. The van der Waals surface area contributed by atoms with E-state index in [2.05, 4.69) is 4.74 Å². The summed E-state index contributed by atoms with van der Waals surface area (Å²) in [6.45, 7) is -1.35. The molecule has 1 unspecified atom stereocenters. The predicted molar refractivity (Wildman–Crippen MR) is 54.2 cm³/mol. The molecule has 0 bridgehead atoms. The summed E-state index contributed by atoms with van der Waals surface area (Å²) < 4.78 is 155. The van der Waals surface area contributed by atoms with Gasteiger partial charge in [-0.05, 0) is 6.92 Å². The molecule has 25 heavy (non-hydrogen) atoms. The molecule has 0 aromatic rings. The van der Waals surface area contributed by atoms with Crippen LogP contribution in [0.5, 0.6) is 0 Å². The van der Waals surface area contributed by atoms with Gasteiger partial charge in [0.25, 0.3) is 11.2 Å². The van der Waals surface area contributed by atoms with Gasteiger partial charge in [-0.15, -0.1) is 0 Å². The maximum Gasteiger partial charge on any atom is 0.426 e. The van der Waals surface area contributed by atoms with Crippen LogP contribution in [0.3, 0.4) is 0 Å². The standard InChI is InChI=1S/C10H10F12O3/c1-4(23)2-25-6(9(17,18)19,10(20,21)22)3-5(24,7(11,12)13)8(14,15)16/h4,23-24H,2-3H2,1H3. The molecule has 3 nitrogen and oxygen atoms in total. The average molecular weight is 406 g/mol. The van der Waals surface area contributed by atoms with Crippen LogP contribution in [0.15, 0.2) is 0 Å². The van der Waals surface area contributed by atoms with Crippen LogP contribution in [0.2, 0.25) is 0 Å². The van der Waals surface area contributed by atoms with Crippen LogP contribution < -0.4 is 0 Å². The summed E-state index contributed by atoms with van der Waals surface area (Å²) in [5.74, 6) is 0. The lowest BCUT2D eigenvalue weighted by atomic mass is 9.84. The third-order valence-electron chi connectivity index (χ3n) is 2.93. The summed E-state index contributed by atoms with van der Waals surface area (Å²) in [4.78, 5) is 0. The first-order valence-electron chi connectivity index (χ1n) is 5.94. The Kier molecular flexibility index (Phi) is 6.39. The monoisotopic (exact) mass is 406 g/mol. The molecule has 0 radical (unpaired) electrons. The second-order valence-corrected chi connectivity index (χ2v) is 5.02. The molecule has 1 atom stereocenters. The van der Waals surface area contributed by atoms with E-state index in [1.54, 1.807) is 0 Å². The van der Waals surface area contributed by atoms with Gasteiger partial charge < -0.3 is 14.9 Å². The van der Waals surface area contributed by atoms with Gasteiger partial charge in [0.15, 0.2) is 0 Å². The molecule has 0 amide bonds. The number of hydrogen-bond acceptors (Lipinski definition) is 3. The number of halogens is 12. The van der Waals surface area contributed by atoms with Crippen molar-refractivity contribution in [1.29, 1.82) is 0 Å². The lowest BCUT2D eigenvalue weighted by Gasteiger charge is -2.43. The van der Waals surface area contributed by atoms with Crippen LogP contribution >= 0.6 is 0 Å².